The van der Waals surface area contributed by atoms with Crippen LogP contribution >= 0.6 is 0 Å². The van der Waals surface area contributed by atoms with Crippen molar-refractivity contribution >= 4 is 21.7 Å². The van der Waals surface area contributed by atoms with Gasteiger partial charge < -0.3 is 4.74 Å². The van der Waals surface area contributed by atoms with E-state index in [4.69, 9.17) is 14.7 Å². The monoisotopic (exact) mass is 368 g/mol. The van der Waals surface area contributed by atoms with E-state index >= 15 is 0 Å². The van der Waals surface area contributed by atoms with Gasteiger partial charge in [-0.1, -0.05) is 67.8 Å². The van der Waals surface area contributed by atoms with Gasteiger partial charge in [-0.25, -0.2) is 9.97 Å². The first-order valence-electron chi connectivity index (χ1n) is 10.2. The molecule has 3 nitrogen and oxygen atoms in total. The van der Waals surface area contributed by atoms with Crippen LogP contribution in [0.25, 0.3) is 32.9 Å². The van der Waals surface area contributed by atoms with Crippen molar-refractivity contribution in [3.8, 4) is 17.0 Å². The van der Waals surface area contributed by atoms with Gasteiger partial charge in [-0.2, -0.15) is 0 Å². The standard InChI is InChI=1S/C25H24N2O/c1-28-22-16-15-17-9-5-6-12-19(17)23(22)24-20-13-7-8-14-21(20)26-25(27-24)18-10-3-2-4-11-18/h5-9,12-16,18H,2-4,10-11H2,1H3. The van der Waals surface area contributed by atoms with E-state index in [1.807, 2.05) is 0 Å². The summed E-state index contributed by atoms with van der Waals surface area (Å²) in [6.07, 6.45) is 6.24. The van der Waals surface area contributed by atoms with E-state index in [-0.39, 0.29) is 0 Å². The molecule has 4 aromatic rings. The van der Waals surface area contributed by atoms with E-state index < -0.39 is 0 Å². The number of ether oxygens (including phenoxy) is 1. The van der Waals surface area contributed by atoms with E-state index in [1.165, 1.54) is 42.9 Å². The van der Waals surface area contributed by atoms with Gasteiger partial charge in [0.15, 0.2) is 0 Å². The fraction of sp³-hybridized carbons (Fsp3) is 0.280. The summed E-state index contributed by atoms with van der Waals surface area (Å²) >= 11 is 0. The fourth-order valence-electron chi connectivity index (χ4n) is 4.49. The number of hydrogen-bond acceptors (Lipinski definition) is 3. The minimum Gasteiger partial charge on any atom is -0.496 e. The van der Waals surface area contributed by atoms with Crippen LogP contribution in [0.3, 0.4) is 0 Å². The van der Waals surface area contributed by atoms with Crippen LogP contribution in [0.4, 0.5) is 0 Å². The van der Waals surface area contributed by atoms with Crippen LogP contribution in [0, 0.1) is 0 Å². The van der Waals surface area contributed by atoms with Crippen LogP contribution in [0.5, 0.6) is 5.75 Å². The minimum absolute atomic E-state index is 0.457. The van der Waals surface area contributed by atoms with Crippen LogP contribution < -0.4 is 4.74 Å². The second-order valence-electron chi connectivity index (χ2n) is 7.65. The lowest BCUT2D eigenvalue weighted by Crippen LogP contribution is -2.10. The molecule has 1 aromatic heterocycles. The largest absolute Gasteiger partial charge is 0.496 e. The van der Waals surface area contributed by atoms with Gasteiger partial charge >= 0.3 is 0 Å². The predicted molar refractivity (Wildman–Crippen MR) is 115 cm³/mol. The topological polar surface area (TPSA) is 35.0 Å². The highest BCUT2D eigenvalue weighted by Crippen LogP contribution is 2.40. The zero-order chi connectivity index (χ0) is 18.9. The highest BCUT2D eigenvalue weighted by Gasteiger charge is 2.22. The second-order valence-corrected chi connectivity index (χ2v) is 7.65. The SMILES string of the molecule is COc1ccc2ccccc2c1-c1nc(C2CCCCC2)nc2ccccc12. The van der Waals surface area contributed by atoms with Crippen LogP contribution in [0.15, 0.2) is 60.7 Å². The third-order valence-electron chi connectivity index (χ3n) is 5.94. The van der Waals surface area contributed by atoms with Gasteiger partial charge in [0.2, 0.25) is 0 Å². The lowest BCUT2D eigenvalue weighted by Gasteiger charge is -2.22. The predicted octanol–water partition coefficient (Wildman–Crippen LogP) is 6.51. The fourth-order valence-corrected chi connectivity index (χ4v) is 4.49. The summed E-state index contributed by atoms with van der Waals surface area (Å²) in [6, 6.07) is 21.0. The smallest absolute Gasteiger partial charge is 0.132 e. The van der Waals surface area contributed by atoms with Gasteiger partial charge in [-0.3, -0.25) is 0 Å². The third kappa shape index (κ3) is 2.91. The summed E-state index contributed by atoms with van der Waals surface area (Å²) in [5.74, 6) is 2.30. The molecule has 0 N–H and O–H groups in total. The molecular formula is C25H24N2O. The number of fused-ring (bicyclic) bond motifs is 2. The van der Waals surface area contributed by atoms with E-state index in [1.54, 1.807) is 7.11 Å². The number of aromatic nitrogens is 2. The molecule has 0 amide bonds. The maximum atomic E-state index is 5.78. The first-order valence-corrected chi connectivity index (χ1v) is 10.2. The zero-order valence-corrected chi connectivity index (χ0v) is 16.2. The summed E-state index contributed by atoms with van der Waals surface area (Å²) < 4.78 is 5.78. The Bertz CT molecular complexity index is 1150. The summed E-state index contributed by atoms with van der Waals surface area (Å²) in [5, 5.41) is 3.44. The molecule has 140 valence electrons. The maximum absolute atomic E-state index is 5.78. The van der Waals surface area contributed by atoms with Gasteiger partial charge in [-0.15, -0.1) is 0 Å². The number of methoxy groups -OCH3 is 1. The van der Waals surface area contributed by atoms with Crippen LogP contribution in [-0.2, 0) is 0 Å². The Morgan fingerprint density at radius 1 is 0.786 bits per heavy atom. The first kappa shape index (κ1) is 17.2. The molecule has 3 heteroatoms. The lowest BCUT2D eigenvalue weighted by molar-refractivity contribution is 0.416. The molecule has 1 aliphatic carbocycles. The second kappa shape index (κ2) is 7.23. The van der Waals surface area contributed by atoms with Crippen molar-refractivity contribution in [2.75, 3.05) is 7.11 Å². The molecule has 1 heterocycles. The van der Waals surface area contributed by atoms with Crippen molar-refractivity contribution in [2.24, 2.45) is 0 Å². The molecule has 0 aliphatic heterocycles. The van der Waals surface area contributed by atoms with Crippen molar-refractivity contribution in [1.82, 2.24) is 9.97 Å². The molecule has 28 heavy (non-hydrogen) atoms. The molecule has 0 atom stereocenters. The Hall–Kier alpha value is -2.94. The average Bonchev–Trinajstić information content (AvgIpc) is 2.78. The minimum atomic E-state index is 0.457. The molecule has 0 bridgehead atoms. The quantitative estimate of drug-likeness (QED) is 0.414. The Balaban J connectivity index is 1.82. The number of benzene rings is 3. The Morgan fingerprint density at radius 2 is 1.54 bits per heavy atom. The van der Waals surface area contributed by atoms with E-state index in [0.717, 1.165) is 33.7 Å². The number of rotatable bonds is 3. The molecular weight excluding hydrogens is 344 g/mol. The highest BCUT2D eigenvalue weighted by molar-refractivity contribution is 6.05. The highest BCUT2D eigenvalue weighted by atomic mass is 16.5. The van der Waals surface area contributed by atoms with Crippen LogP contribution in [0.2, 0.25) is 0 Å². The molecule has 1 fully saturated rings. The molecule has 0 unspecified atom stereocenters. The van der Waals surface area contributed by atoms with Crippen LogP contribution in [-0.4, -0.2) is 17.1 Å². The van der Waals surface area contributed by atoms with Crippen molar-refractivity contribution in [1.29, 1.82) is 0 Å². The van der Waals surface area contributed by atoms with Gasteiger partial charge in [0.25, 0.3) is 0 Å². The number of nitrogens with zero attached hydrogens (tertiary/aromatic N) is 2. The van der Waals surface area contributed by atoms with Crippen molar-refractivity contribution in [3.63, 3.8) is 0 Å². The summed E-state index contributed by atoms with van der Waals surface area (Å²) in [6.45, 7) is 0. The van der Waals surface area contributed by atoms with Gasteiger partial charge in [0.05, 0.1) is 23.9 Å². The van der Waals surface area contributed by atoms with Crippen molar-refractivity contribution in [2.45, 2.75) is 38.0 Å². The molecule has 1 saturated carbocycles. The Kier molecular flexibility index (Phi) is 4.44. The van der Waals surface area contributed by atoms with E-state index in [0.29, 0.717) is 5.92 Å². The number of hydrogen-bond donors (Lipinski definition) is 0. The molecule has 0 spiro atoms. The van der Waals surface area contributed by atoms with Gasteiger partial charge in [0.1, 0.15) is 11.6 Å². The van der Waals surface area contributed by atoms with Crippen molar-refractivity contribution in [3.05, 3.63) is 66.5 Å². The van der Waals surface area contributed by atoms with Gasteiger partial charge in [0, 0.05) is 11.3 Å². The maximum Gasteiger partial charge on any atom is 0.132 e. The van der Waals surface area contributed by atoms with Gasteiger partial charge in [-0.05, 0) is 35.7 Å². The molecule has 1 aliphatic rings. The first-order chi connectivity index (χ1) is 13.8. The summed E-state index contributed by atoms with van der Waals surface area (Å²) in [4.78, 5) is 10.1. The third-order valence-corrected chi connectivity index (χ3v) is 5.94. The molecule has 0 radical (unpaired) electrons. The zero-order valence-electron chi connectivity index (χ0n) is 16.2. The molecule has 5 rings (SSSR count). The molecule has 3 aromatic carbocycles. The Labute approximate surface area is 165 Å². The Morgan fingerprint density at radius 3 is 2.36 bits per heavy atom. The summed E-state index contributed by atoms with van der Waals surface area (Å²) in [5.41, 5.74) is 3.07. The van der Waals surface area contributed by atoms with E-state index in [9.17, 15) is 0 Å². The lowest BCUT2D eigenvalue weighted by atomic mass is 9.88. The molecule has 0 saturated heterocycles. The van der Waals surface area contributed by atoms with Crippen LogP contribution in [0.1, 0.15) is 43.8 Å². The van der Waals surface area contributed by atoms with E-state index in [2.05, 4.69) is 60.7 Å². The average molecular weight is 368 g/mol. The number of para-hydroxylation sites is 1. The van der Waals surface area contributed by atoms with Crippen molar-refractivity contribution < 1.29 is 4.74 Å². The summed E-state index contributed by atoms with van der Waals surface area (Å²) in [7, 11) is 1.74. The normalized spacial score (nSPS) is 15.2.